The van der Waals surface area contributed by atoms with Crippen LogP contribution in [0.1, 0.15) is 58.2 Å². The van der Waals surface area contributed by atoms with E-state index in [0.29, 0.717) is 12.0 Å². The summed E-state index contributed by atoms with van der Waals surface area (Å²) in [5, 5.41) is 7.87. The Bertz CT molecular complexity index is 306. The van der Waals surface area contributed by atoms with Gasteiger partial charge in [0.25, 0.3) is 0 Å². The Labute approximate surface area is 106 Å². The van der Waals surface area contributed by atoms with Crippen LogP contribution in [-0.4, -0.2) is 16.8 Å². The van der Waals surface area contributed by atoms with E-state index in [2.05, 4.69) is 49.0 Å². The summed E-state index contributed by atoms with van der Waals surface area (Å²) in [5.74, 6) is 0.659. The molecule has 0 bridgehead atoms. The highest BCUT2D eigenvalue weighted by molar-refractivity contribution is 5.08. The van der Waals surface area contributed by atoms with Crippen LogP contribution in [0.2, 0.25) is 0 Å². The summed E-state index contributed by atoms with van der Waals surface area (Å²) in [7, 11) is 2.05. The van der Waals surface area contributed by atoms with Gasteiger partial charge in [-0.2, -0.15) is 5.10 Å². The van der Waals surface area contributed by atoms with Crippen molar-refractivity contribution >= 4 is 0 Å². The molecule has 0 radical (unpaired) electrons. The van der Waals surface area contributed by atoms with Crippen LogP contribution in [-0.2, 0) is 6.54 Å². The Kier molecular flexibility index (Phi) is 6.27. The summed E-state index contributed by atoms with van der Waals surface area (Å²) >= 11 is 0. The molecule has 2 atom stereocenters. The van der Waals surface area contributed by atoms with Gasteiger partial charge in [-0.25, -0.2) is 0 Å². The molecule has 0 amide bonds. The van der Waals surface area contributed by atoms with Crippen LogP contribution in [0.5, 0.6) is 0 Å². The van der Waals surface area contributed by atoms with Gasteiger partial charge < -0.3 is 5.32 Å². The fourth-order valence-corrected chi connectivity index (χ4v) is 2.42. The molecular formula is C14H27N3. The van der Waals surface area contributed by atoms with Crippen LogP contribution in [0.3, 0.4) is 0 Å². The number of aromatic nitrogens is 2. The molecule has 3 heteroatoms. The third-order valence-corrected chi connectivity index (χ3v) is 3.40. The molecule has 0 saturated carbocycles. The molecule has 1 aromatic rings. The first-order chi connectivity index (χ1) is 8.24. The lowest BCUT2D eigenvalue weighted by Crippen LogP contribution is -2.26. The Morgan fingerprint density at radius 1 is 1.35 bits per heavy atom. The first-order valence-electron chi connectivity index (χ1n) is 6.93. The smallest absolute Gasteiger partial charge is 0.0556 e. The maximum atomic E-state index is 4.41. The average molecular weight is 237 g/mol. The third kappa shape index (κ3) is 3.84. The lowest BCUT2D eigenvalue weighted by Gasteiger charge is -2.24. The van der Waals surface area contributed by atoms with Crippen molar-refractivity contribution in [2.75, 3.05) is 7.05 Å². The van der Waals surface area contributed by atoms with Gasteiger partial charge in [0.15, 0.2) is 0 Å². The number of rotatable bonds is 8. The van der Waals surface area contributed by atoms with E-state index in [-0.39, 0.29) is 0 Å². The van der Waals surface area contributed by atoms with Crippen molar-refractivity contribution in [1.82, 2.24) is 15.1 Å². The van der Waals surface area contributed by atoms with Crippen LogP contribution >= 0.6 is 0 Å². The molecule has 1 N–H and O–H groups in total. The first-order valence-corrected chi connectivity index (χ1v) is 6.93. The fourth-order valence-electron chi connectivity index (χ4n) is 2.42. The highest BCUT2D eigenvalue weighted by Gasteiger charge is 2.20. The second kappa shape index (κ2) is 7.49. The first kappa shape index (κ1) is 14.2. The standard InChI is InChI=1S/C14H27N3/c1-5-7-8-12(3)14(15-4)13-9-10-16-17(13)11-6-2/h9-10,12,14-15H,5-8,11H2,1-4H3. The van der Waals surface area contributed by atoms with E-state index in [1.807, 2.05) is 6.20 Å². The summed E-state index contributed by atoms with van der Waals surface area (Å²) < 4.78 is 2.14. The van der Waals surface area contributed by atoms with Gasteiger partial charge in [-0.05, 0) is 31.9 Å². The molecule has 1 heterocycles. The van der Waals surface area contributed by atoms with Crippen molar-refractivity contribution in [3.63, 3.8) is 0 Å². The van der Waals surface area contributed by atoms with Crippen molar-refractivity contribution in [2.24, 2.45) is 5.92 Å². The highest BCUT2D eigenvalue weighted by Crippen LogP contribution is 2.25. The van der Waals surface area contributed by atoms with Gasteiger partial charge in [0.2, 0.25) is 0 Å². The van der Waals surface area contributed by atoms with Crippen LogP contribution in [0.15, 0.2) is 12.3 Å². The molecule has 1 aromatic heterocycles. The van der Waals surface area contributed by atoms with Crippen LogP contribution < -0.4 is 5.32 Å². The van der Waals surface area contributed by atoms with Gasteiger partial charge in [-0.3, -0.25) is 4.68 Å². The van der Waals surface area contributed by atoms with Crippen LogP contribution in [0, 0.1) is 5.92 Å². The zero-order chi connectivity index (χ0) is 12.7. The number of aryl methyl sites for hydroxylation is 1. The summed E-state index contributed by atoms with van der Waals surface area (Å²) in [6.07, 6.45) is 6.91. The lowest BCUT2D eigenvalue weighted by molar-refractivity contribution is 0.353. The summed E-state index contributed by atoms with van der Waals surface area (Å²) in [4.78, 5) is 0. The quantitative estimate of drug-likeness (QED) is 0.751. The summed E-state index contributed by atoms with van der Waals surface area (Å²) in [5.41, 5.74) is 1.33. The van der Waals surface area contributed by atoms with Crippen molar-refractivity contribution in [1.29, 1.82) is 0 Å². The van der Waals surface area contributed by atoms with E-state index < -0.39 is 0 Å². The minimum Gasteiger partial charge on any atom is -0.311 e. The van der Waals surface area contributed by atoms with E-state index in [4.69, 9.17) is 0 Å². The number of unbranched alkanes of at least 4 members (excludes halogenated alkanes) is 1. The van der Waals surface area contributed by atoms with Gasteiger partial charge >= 0.3 is 0 Å². The Hall–Kier alpha value is -0.830. The molecule has 0 aromatic carbocycles. The van der Waals surface area contributed by atoms with Crippen molar-refractivity contribution in [3.8, 4) is 0 Å². The van der Waals surface area contributed by atoms with Gasteiger partial charge in [-0.1, -0.05) is 33.6 Å². The number of hydrogen-bond donors (Lipinski definition) is 1. The Balaban J connectivity index is 2.74. The number of hydrogen-bond acceptors (Lipinski definition) is 2. The molecule has 0 aliphatic carbocycles. The van der Waals surface area contributed by atoms with Gasteiger partial charge in [0.1, 0.15) is 0 Å². The predicted octanol–water partition coefficient (Wildman–Crippen LogP) is 3.38. The van der Waals surface area contributed by atoms with Crippen LogP contribution in [0.4, 0.5) is 0 Å². The average Bonchev–Trinajstić information content (AvgIpc) is 2.76. The molecule has 0 saturated heterocycles. The molecule has 17 heavy (non-hydrogen) atoms. The van der Waals surface area contributed by atoms with E-state index in [9.17, 15) is 0 Å². The molecule has 0 aliphatic rings. The summed E-state index contributed by atoms with van der Waals surface area (Å²) in [6, 6.07) is 2.58. The summed E-state index contributed by atoms with van der Waals surface area (Å²) in [6.45, 7) is 7.80. The lowest BCUT2D eigenvalue weighted by atomic mass is 9.93. The monoisotopic (exact) mass is 237 g/mol. The maximum Gasteiger partial charge on any atom is 0.0556 e. The van der Waals surface area contributed by atoms with Gasteiger partial charge in [0.05, 0.1) is 11.7 Å². The van der Waals surface area contributed by atoms with Crippen molar-refractivity contribution in [3.05, 3.63) is 18.0 Å². The number of nitrogens with zero attached hydrogens (tertiary/aromatic N) is 2. The minimum absolute atomic E-state index is 0.426. The topological polar surface area (TPSA) is 29.9 Å². The van der Waals surface area contributed by atoms with Crippen molar-refractivity contribution < 1.29 is 0 Å². The van der Waals surface area contributed by atoms with E-state index in [1.54, 1.807) is 0 Å². The highest BCUT2D eigenvalue weighted by atomic mass is 15.3. The van der Waals surface area contributed by atoms with Gasteiger partial charge in [-0.15, -0.1) is 0 Å². The molecule has 2 unspecified atom stereocenters. The molecule has 0 fully saturated rings. The van der Waals surface area contributed by atoms with Crippen molar-refractivity contribution in [2.45, 2.75) is 59.0 Å². The zero-order valence-electron chi connectivity index (χ0n) is 11.7. The van der Waals surface area contributed by atoms with E-state index in [1.165, 1.54) is 25.0 Å². The molecular weight excluding hydrogens is 210 g/mol. The maximum absolute atomic E-state index is 4.41. The Morgan fingerprint density at radius 2 is 2.12 bits per heavy atom. The minimum atomic E-state index is 0.426. The van der Waals surface area contributed by atoms with E-state index in [0.717, 1.165) is 13.0 Å². The Morgan fingerprint density at radius 3 is 2.71 bits per heavy atom. The van der Waals surface area contributed by atoms with E-state index >= 15 is 0 Å². The molecule has 0 spiro atoms. The van der Waals surface area contributed by atoms with Gasteiger partial charge in [0, 0.05) is 12.7 Å². The third-order valence-electron chi connectivity index (χ3n) is 3.40. The molecule has 98 valence electrons. The van der Waals surface area contributed by atoms with Crippen LogP contribution in [0.25, 0.3) is 0 Å². The SMILES string of the molecule is CCCCC(C)C(NC)c1ccnn1CCC. The fraction of sp³-hybridized carbons (Fsp3) is 0.786. The second-order valence-corrected chi connectivity index (χ2v) is 4.87. The largest absolute Gasteiger partial charge is 0.311 e. The normalized spacial score (nSPS) is 14.8. The predicted molar refractivity (Wildman–Crippen MR) is 73.0 cm³/mol. The zero-order valence-corrected chi connectivity index (χ0v) is 11.7. The molecule has 0 aliphatic heterocycles. The number of nitrogens with one attached hydrogen (secondary N) is 1. The molecule has 1 rings (SSSR count). The second-order valence-electron chi connectivity index (χ2n) is 4.87. The molecule has 3 nitrogen and oxygen atoms in total.